The predicted octanol–water partition coefficient (Wildman–Crippen LogP) is 2.86. The lowest BCUT2D eigenvalue weighted by Gasteiger charge is -2.11. The lowest BCUT2D eigenvalue weighted by atomic mass is 10.0. The van der Waals surface area contributed by atoms with E-state index in [0.29, 0.717) is 12.1 Å². The van der Waals surface area contributed by atoms with Crippen molar-refractivity contribution in [3.63, 3.8) is 0 Å². The van der Waals surface area contributed by atoms with Crippen LogP contribution in [0.4, 0.5) is 17.6 Å². The number of hydrogen-bond acceptors (Lipinski definition) is 2. The first-order valence-corrected chi connectivity index (χ1v) is 4.14. The fraction of sp³-hybridized carbons (Fsp3) is 0.200. The molecule has 0 aromatic heterocycles. The molecule has 0 aliphatic heterocycles. The fourth-order valence-electron chi connectivity index (χ4n) is 1.21. The molecule has 0 heterocycles. The minimum absolute atomic E-state index is 0.0332. The highest BCUT2D eigenvalue weighted by atomic mass is 19.4. The molecule has 0 atom stereocenters. The van der Waals surface area contributed by atoms with Gasteiger partial charge in [0.05, 0.1) is 11.1 Å². The molecule has 1 aromatic carbocycles. The number of hydrogen-bond donors (Lipinski definition) is 0. The van der Waals surface area contributed by atoms with E-state index in [1.54, 1.807) is 0 Å². The third kappa shape index (κ3) is 2.26. The molecule has 0 spiro atoms. The molecular formula is C10H6F4O2. The van der Waals surface area contributed by atoms with Crippen molar-refractivity contribution in [2.75, 3.05) is 0 Å². The average molecular weight is 234 g/mol. The van der Waals surface area contributed by atoms with Gasteiger partial charge in [-0.15, -0.1) is 0 Å². The van der Waals surface area contributed by atoms with Gasteiger partial charge in [0.15, 0.2) is 12.1 Å². The van der Waals surface area contributed by atoms with Gasteiger partial charge in [-0.1, -0.05) is 0 Å². The average Bonchev–Trinajstić information content (AvgIpc) is 2.15. The number of benzene rings is 1. The number of rotatable bonds is 2. The van der Waals surface area contributed by atoms with Crippen molar-refractivity contribution in [1.82, 2.24) is 0 Å². The van der Waals surface area contributed by atoms with Crippen molar-refractivity contribution < 1.29 is 27.2 Å². The molecule has 0 amide bonds. The highest BCUT2D eigenvalue weighted by Crippen LogP contribution is 2.33. The molecule has 1 rings (SSSR count). The zero-order valence-corrected chi connectivity index (χ0v) is 8.06. The molecule has 86 valence electrons. The van der Waals surface area contributed by atoms with Gasteiger partial charge in [-0.3, -0.25) is 9.59 Å². The van der Waals surface area contributed by atoms with Crippen molar-refractivity contribution in [2.45, 2.75) is 13.1 Å². The Morgan fingerprint density at radius 3 is 2.25 bits per heavy atom. The van der Waals surface area contributed by atoms with Crippen LogP contribution in [0.15, 0.2) is 12.1 Å². The summed E-state index contributed by atoms with van der Waals surface area (Å²) < 4.78 is 50.4. The Bertz CT molecular complexity index is 449. The smallest absolute Gasteiger partial charge is 0.298 e. The molecule has 0 aliphatic carbocycles. The van der Waals surface area contributed by atoms with Gasteiger partial charge in [0.2, 0.25) is 0 Å². The van der Waals surface area contributed by atoms with E-state index in [1.807, 2.05) is 0 Å². The van der Waals surface area contributed by atoms with Gasteiger partial charge in [-0.05, 0) is 19.1 Å². The fourth-order valence-corrected chi connectivity index (χ4v) is 1.21. The quantitative estimate of drug-likeness (QED) is 0.448. The standard InChI is InChI=1S/C10H6F4O2/c1-5(16)7-3-9(11)6(4-15)2-8(7)10(12,13)14/h2-4H,1H3. The summed E-state index contributed by atoms with van der Waals surface area (Å²) in [6.45, 7) is 0.893. The Kier molecular flexibility index (Phi) is 3.11. The number of aldehydes is 1. The Hall–Kier alpha value is -1.72. The summed E-state index contributed by atoms with van der Waals surface area (Å²) in [5.41, 5.74) is -2.81. The van der Waals surface area contributed by atoms with Gasteiger partial charge in [-0.25, -0.2) is 4.39 Å². The van der Waals surface area contributed by atoms with Crippen LogP contribution < -0.4 is 0 Å². The van der Waals surface area contributed by atoms with Gasteiger partial charge in [0, 0.05) is 5.56 Å². The normalized spacial score (nSPS) is 11.3. The largest absolute Gasteiger partial charge is 0.417 e. The van der Waals surface area contributed by atoms with E-state index in [2.05, 4.69) is 0 Å². The number of Topliss-reactive ketones (excluding diaryl/α,β-unsaturated/α-hetero) is 1. The summed E-state index contributed by atoms with van der Waals surface area (Å²) >= 11 is 0. The topological polar surface area (TPSA) is 34.1 Å². The first-order valence-electron chi connectivity index (χ1n) is 4.14. The van der Waals surface area contributed by atoms with Crippen LogP contribution in [0.25, 0.3) is 0 Å². The molecule has 2 nitrogen and oxygen atoms in total. The lowest BCUT2D eigenvalue weighted by Crippen LogP contribution is -2.13. The number of carbonyl (C=O) groups is 2. The number of halogens is 4. The van der Waals surface area contributed by atoms with Crippen LogP contribution in [-0.4, -0.2) is 12.1 Å². The van der Waals surface area contributed by atoms with E-state index in [9.17, 15) is 27.2 Å². The van der Waals surface area contributed by atoms with E-state index in [-0.39, 0.29) is 6.29 Å². The minimum Gasteiger partial charge on any atom is -0.298 e. The van der Waals surface area contributed by atoms with Gasteiger partial charge in [0.25, 0.3) is 0 Å². The maximum Gasteiger partial charge on any atom is 0.417 e. The Morgan fingerprint density at radius 1 is 1.31 bits per heavy atom. The second kappa shape index (κ2) is 4.03. The van der Waals surface area contributed by atoms with Gasteiger partial charge >= 0.3 is 6.18 Å². The lowest BCUT2D eigenvalue weighted by molar-refractivity contribution is -0.137. The number of ketones is 1. The molecule has 0 saturated heterocycles. The molecular weight excluding hydrogens is 228 g/mol. The molecule has 1 aromatic rings. The molecule has 0 saturated carbocycles. The van der Waals surface area contributed by atoms with Crippen LogP contribution in [0, 0.1) is 5.82 Å². The summed E-state index contributed by atoms with van der Waals surface area (Å²) in [6, 6.07) is 0.758. The molecule has 6 heteroatoms. The maximum atomic E-state index is 13.0. The number of alkyl halides is 3. The zero-order chi connectivity index (χ0) is 12.5. The van der Waals surface area contributed by atoms with Crippen LogP contribution >= 0.6 is 0 Å². The number of carbonyl (C=O) groups excluding carboxylic acids is 2. The molecule has 0 bridgehead atoms. The van der Waals surface area contributed by atoms with Crippen molar-refractivity contribution in [2.24, 2.45) is 0 Å². The summed E-state index contributed by atoms with van der Waals surface area (Å²) in [7, 11) is 0. The van der Waals surface area contributed by atoms with Crippen LogP contribution in [-0.2, 0) is 6.18 Å². The van der Waals surface area contributed by atoms with Crippen LogP contribution in [0.1, 0.15) is 33.2 Å². The van der Waals surface area contributed by atoms with Crippen molar-refractivity contribution in [3.8, 4) is 0 Å². The van der Waals surface area contributed by atoms with Crippen molar-refractivity contribution in [1.29, 1.82) is 0 Å². The molecule has 0 radical (unpaired) electrons. The molecule has 0 fully saturated rings. The van der Waals surface area contributed by atoms with E-state index in [4.69, 9.17) is 0 Å². The van der Waals surface area contributed by atoms with Crippen LogP contribution in [0.3, 0.4) is 0 Å². The summed E-state index contributed by atoms with van der Waals surface area (Å²) in [5, 5.41) is 0. The third-order valence-corrected chi connectivity index (χ3v) is 1.95. The SMILES string of the molecule is CC(=O)c1cc(F)c(C=O)cc1C(F)(F)F. The summed E-state index contributed by atoms with van der Waals surface area (Å²) in [5.74, 6) is -2.06. The Labute approximate surface area is 87.9 Å². The minimum atomic E-state index is -4.80. The highest BCUT2D eigenvalue weighted by molar-refractivity contribution is 5.96. The summed E-state index contributed by atoms with van der Waals surface area (Å²) in [6.07, 6.45) is -4.83. The monoisotopic (exact) mass is 234 g/mol. The third-order valence-electron chi connectivity index (χ3n) is 1.95. The van der Waals surface area contributed by atoms with E-state index in [1.165, 1.54) is 0 Å². The van der Waals surface area contributed by atoms with E-state index >= 15 is 0 Å². The zero-order valence-electron chi connectivity index (χ0n) is 8.06. The molecule has 0 aliphatic rings. The van der Waals surface area contributed by atoms with Crippen LogP contribution in [0.2, 0.25) is 0 Å². The highest BCUT2D eigenvalue weighted by Gasteiger charge is 2.35. The molecule has 0 N–H and O–H groups in total. The van der Waals surface area contributed by atoms with Crippen LogP contribution in [0.5, 0.6) is 0 Å². The first-order chi connectivity index (χ1) is 7.27. The van der Waals surface area contributed by atoms with Crippen molar-refractivity contribution in [3.05, 3.63) is 34.6 Å². The predicted molar refractivity (Wildman–Crippen MR) is 46.8 cm³/mol. The second-order valence-corrected chi connectivity index (χ2v) is 3.09. The van der Waals surface area contributed by atoms with Gasteiger partial charge in [0.1, 0.15) is 5.82 Å². The van der Waals surface area contributed by atoms with Gasteiger partial charge < -0.3 is 0 Å². The first kappa shape index (κ1) is 12.4. The summed E-state index contributed by atoms with van der Waals surface area (Å²) in [4.78, 5) is 21.2. The van der Waals surface area contributed by atoms with Crippen molar-refractivity contribution >= 4 is 12.1 Å². The second-order valence-electron chi connectivity index (χ2n) is 3.09. The Balaban J connectivity index is 3.55. The maximum absolute atomic E-state index is 13.0. The van der Waals surface area contributed by atoms with Gasteiger partial charge in [-0.2, -0.15) is 13.2 Å². The molecule has 0 unspecified atom stereocenters. The van der Waals surface area contributed by atoms with E-state index in [0.717, 1.165) is 6.92 Å². The van der Waals surface area contributed by atoms with E-state index < -0.39 is 34.5 Å². The Morgan fingerprint density at radius 2 is 1.88 bits per heavy atom. The molecule has 16 heavy (non-hydrogen) atoms.